The summed E-state index contributed by atoms with van der Waals surface area (Å²) in [6.45, 7) is 7.69. The summed E-state index contributed by atoms with van der Waals surface area (Å²) in [5, 5.41) is 2.88. The summed E-state index contributed by atoms with van der Waals surface area (Å²) in [6, 6.07) is 10.2. The second-order valence-electron chi connectivity index (χ2n) is 5.27. The molecule has 4 nitrogen and oxygen atoms in total. The molecule has 1 aromatic carbocycles. The van der Waals surface area contributed by atoms with Crippen LogP contribution in [0.4, 0.5) is 11.4 Å². The van der Waals surface area contributed by atoms with Gasteiger partial charge in [0.2, 0.25) is 0 Å². The van der Waals surface area contributed by atoms with Crippen molar-refractivity contribution in [1.82, 2.24) is 10.3 Å². The van der Waals surface area contributed by atoms with Gasteiger partial charge in [0.1, 0.15) is 0 Å². The average molecular weight is 297 g/mol. The van der Waals surface area contributed by atoms with Crippen LogP contribution in [-0.2, 0) is 0 Å². The van der Waals surface area contributed by atoms with Gasteiger partial charge in [0.15, 0.2) is 0 Å². The van der Waals surface area contributed by atoms with Crippen LogP contribution in [0, 0.1) is 6.92 Å². The zero-order valence-electron chi connectivity index (χ0n) is 13.5. The van der Waals surface area contributed by atoms with E-state index in [2.05, 4.69) is 47.2 Å². The van der Waals surface area contributed by atoms with Gasteiger partial charge in [-0.2, -0.15) is 0 Å². The van der Waals surface area contributed by atoms with Crippen molar-refractivity contribution in [2.24, 2.45) is 0 Å². The van der Waals surface area contributed by atoms with Crippen molar-refractivity contribution in [2.45, 2.75) is 27.2 Å². The monoisotopic (exact) mass is 297 g/mol. The van der Waals surface area contributed by atoms with E-state index in [1.807, 2.05) is 19.1 Å². The Balaban J connectivity index is 2.28. The Labute approximate surface area is 132 Å². The molecule has 1 N–H and O–H groups in total. The molecule has 0 saturated heterocycles. The molecule has 2 aromatic rings. The van der Waals surface area contributed by atoms with E-state index in [1.165, 1.54) is 5.56 Å². The van der Waals surface area contributed by atoms with Crippen molar-refractivity contribution < 1.29 is 4.79 Å². The SMILES string of the molecule is CCCNC(=O)c1cncc(N(CC)c2cccc(C)c2)c1. The highest BCUT2D eigenvalue weighted by atomic mass is 16.1. The standard InChI is InChI=1S/C18H23N3O/c1-4-9-20-18(22)15-11-17(13-19-12-15)21(5-2)16-8-6-7-14(3)10-16/h6-8,10-13H,4-5,9H2,1-3H3,(H,20,22). The van der Waals surface area contributed by atoms with Crippen molar-refractivity contribution in [3.63, 3.8) is 0 Å². The minimum atomic E-state index is -0.0727. The van der Waals surface area contributed by atoms with Crippen LogP contribution in [0.15, 0.2) is 42.7 Å². The lowest BCUT2D eigenvalue weighted by Gasteiger charge is -2.23. The fourth-order valence-corrected chi connectivity index (χ4v) is 2.35. The number of benzene rings is 1. The second kappa shape index (κ2) is 7.59. The largest absolute Gasteiger partial charge is 0.352 e. The van der Waals surface area contributed by atoms with Gasteiger partial charge in [-0.25, -0.2) is 0 Å². The van der Waals surface area contributed by atoms with Crippen LogP contribution >= 0.6 is 0 Å². The van der Waals surface area contributed by atoms with Gasteiger partial charge in [-0.1, -0.05) is 19.1 Å². The van der Waals surface area contributed by atoms with Crippen molar-refractivity contribution in [3.05, 3.63) is 53.9 Å². The fraction of sp³-hybridized carbons (Fsp3) is 0.333. The first-order valence-corrected chi connectivity index (χ1v) is 7.73. The molecule has 0 atom stereocenters. The molecule has 0 saturated carbocycles. The second-order valence-corrected chi connectivity index (χ2v) is 5.27. The summed E-state index contributed by atoms with van der Waals surface area (Å²) in [4.78, 5) is 18.5. The summed E-state index contributed by atoms with van der Waals surface area (Å²) in [6.07, 6.45) is 4.32. The molecule has 0 fully saturated rings. The molecule has 1 amide bonds. The number of nitrogens with one attached hydrogen (secondary N) is 1. The lowest BCUT2D eigenvalue weighted by molar-refractivity contribution is 0.0953. The topological polar surface area (TPSA) is 45.2 Å². The lowest BCUT2D eigenvalue weighted by atomic mass is 10.2. The van der Waals surface area contributed by atoms with Gasteiger partial charge < -0.3 is 10.2 Å². The Bertz CT molecular complexity index is 640. The molecule has 0 radical (unpaired) electrons. The van der Waals surface area contributed by atoms with Crippen LogP contribution in [0.3, 0.4) is 0 Å². The normalized spacial score (nSPS) is 10.3. The molecule has 22 heavy (non-hydrogen) atoms. The van der Waals surface area contributed by atoms with E-state index in [0.717, 1.165) is 24.3 Å². The number of amides is 1. The van der Waals surface area contributed by atoms with Gasteiger partial charge in [-0.3, -0.25) is 9.78 Å². The van der Waals surface area contributed by atoms with Crippen LogP contribution in [0.2, 0.25) is 0 Å². The van der Waals surface area contributed by atoms with Crippen molar-refractivity contribution in [1.29, 1.82) is 0 Å². The van der Waals surface area contributed by atoms with Gasteiger partial charge in [-0.05, 0) is 44.0 Å². The van der Waals surface area contributed by atoms with E-state index in [0.29, 0.717) is 12.1 Å². The van der Waals surface area contributed by atoms with Crippen LogP contribution in [0.1, 0.15) is 36.2 Å². The fourth-order valence-electron chi connectivity index (χ4n) is 2.35. The summed E-state index contributed by atoms with van der Waals surface area (Å²) < 4.78 is 0. The number of rotatable bonds is 6. The predicted molar refractivity (Wildman–Crippen MR) is 90.7 cm³/mol. The van der Waals surface area contributed by atoms with Crippen LogP contribution in [0.5, 0.6) is 0 Å². The molecule has 116 valence electrons. The van der Waals surface area contributed by atoms with E-state index >= 15 is 0 Å². The first-order chi connectivity index (χ1) is 10.7. The number of pyridine rings is 1. The minimum Gasteiger partial charge on any atom is -0.352 e. The lowest BCUT2D eigenvalue weighted by Crippen LogP contribution is -2.24. The molecule has 2 rings (SSSR count). The van der Waals surface area contributed by atoms with Crippen LogP contribution in [-0.4, -0.2) is 24.0 Å². The quantitative estimate of drug-likeness (QED) is 0.884. The molecular weight excluding hydrogens is 274 g/mol. The van der Waals surface area contributed by atoms with Crippen molar-refractivity contribution >= 4 is 17.3 Å². The highest BCUT2D eigenvalue weighted by Crippen LogP contribution is 2.25. The third-order valence-electron chi connectivity index (χ3n) is 3.46. The molecule has 0 unspecified atom stereocenters. The van der Waals surface area contributed by atoms with Crippen LogP contribution in [0.25, 0.3) is 0 Å². The number of carbonyl (C=O) groups excluding carboxylic acids is 1. The molecule has 0 aliphatic rings. The van der Waals surface area contributed by atoms with Gasteiger partial charge in [0, 0.05) is 25.0 Å². The highest BCUT2D eigenvalue weighted by Gasteiger charge is 2.11. The summed E-state index contributed by atoms with van der Waals surface area (Å²) >= 11 is 0. The average Bonchev–Trinajstić information content (AvgIpc) is 2.54. The van der Waals surface area contributed by atoms with E-state index in [4.69, 9.17) is 0 Å². The summed E-state index contributed by atoms with van der Waals surface area (Å²) in [5.74, 6) is -0.0727. The Kier molecular flexibility index (Phi) is 5.53. The first kappa shape index (κ1) is 16.0. The first-order valence-electron chi connectivity index (χ1n) is 7.73. The van der Waals surface area contributed by atoms with E-state index in [9.17, 15) is 4.79 Å². The molecule has 0 spiro atoms. The van der Waals surface area contributed by atoms with E-state index in [-0.39, 0.29) is 5.91 Å². The third kappa shape index (κ3) is 3.85. The zero-order valence-corrected chi connectivity index (χ0v) is 13.5. The van der Waals surface area contributed by atoms with E-state index in [1.54, 1.807) is 12.4 Å². The molecule has 0 bridgehead atoms. The van der Waals surface area contributed by atoms with Crippen molar-refractivity contribution in [3.8, 4) is 0 Å². The van der Waals surface area contributed by atoms with Gasteiger partial charge >= 0.3 is 0 Å². The third-order valence-corrected chi connectivity index (χ3v) is 3.46. The Morgan fingerprint density at radius 3 is 2.68 bits per heavy atom. The summed E-state index contributed by atoms with van der Waals surface area (Å²) in [7, 11) is 0. The molecule has 1 aromatic heterocycles. The molecule has 0 aliphatic heterocycles. The molecule has 0 aliphatic carbocycles. The van der Waals surface area contributed by atoms with Gasteiger partial charge in [0.05, 0.1) is 17.4 Å². The number of hydrogen-bond acceptors (Lipinski definition) is 3. The predicted octanol–water partition coefficient (Wildman–Crippen LogP) is 3.69. The van der Waals surface area contributed by atoms with Gasteiger partial charge in [-0.15, -0.1) is 0 Å². The van der Waals surface area contributed by atoms with Crippen LogP contribution < -0.4 is 10.2 Å². The smallest absolute Gasteiger partial charge is 0.252 e. The number of nitrogens with zero attached hydrogens (tertiary/aromatic N) is 2. The maximum atomic E-state index is 12.1. The minimum absolute atomic E-state index is 0.0727. The number of anilines is 2. The molecular formula is C18H23N3O. The van der Waals surface area contributed by atoms with E-state index < -0.39 is 0 Å². The highest BCUT2D eigenvalue weighted by molar-refractivity contribution is 5.94. The zero-order chi connectivity index (χ0) is 15.9. The van der Waals surface area contributed by atoms with Crippen molar-refractivity contribution in [2.75, 3.05) is 18.0 Å². The number of carbonyl (C=O) groups is 1. The Hall–Kier alpha value is -2.36. The Morgan fingerprint density at radius 1 is 1.18 bits per heavy atom. The number of hydrogen-bond donors (Lipinski definition) is 1. The maximum Gasteiger partial charge on any atom is 0.252 e. The Morgan fingerprint density at radius 2 is 2.00 bits per heavy atom. The number of aryl methyl sites for hydroxylation is 1. The number of aromatic nitrogens is 1. The summed E-state index contributed by atoms with van der Waals surface area (Å²) in [5.41, 5.74) is 3.84. The maximum absolute atomic E-state index is 12.1. The molecule has 4 heteroatoms. The van der Waals surface area contributed by atoms with Gasteiger partial charge in [0.25, 0.3) is 5.91 Å². The molecule has 1 heterocycles.